The molecular formula is C15H11ClF4N2S. The van der Waals surface area contributed by atoms with E-state index in [-0.39, 0.29) is 21.6 Å². The molecule has 2 nitrogen and oxygen atoms in total. The minimum atomic E-state index is -4.48. The Morgan fingerprint density at radius 2 is 1.78 bits per heavy atom. The summed E-state index contributed by atoms with van der Waals surface area (Å²) in [6.45, 7) is 1.58. The van der Waals surface area contributed by atoms with Crippen molar-refractivity contribution in [3.8, 4) is 0 Å². The van der Waals surface area contributed by atoms with Gasteiger partial charge in [-0.25, -0.2) is 4.39 Å². The molecule has 0 saturated carbocycles. The third-order valence-electron chi connectivity index (χ3n) is 2.96. The molecule has 0 atom stereocenters. The molecule has 0 fully saturated rings. The Morgan fingerprint density at radius 3 is 2.39 bits per heavy atom. The van der Waals surface area contributed by atoms with Gasteiger partial charge < -0.3 is 10.6 Å². The van der Waals surface area contributed by atoms with E-state index >= 15 is 0 Å². The molecule has 2 N–H and O–H groups in total. The van der Waals surface area contributed by atoms with Gasteiger partial charge in [0, 0.05) is 5.69 Å². The Hall–Kier alpha value is -1.86. The number of thiocarbonyl (C=S) groups is 1. The van der Waals surface area contributed by atoms with Gasteiger partial charge in [0.25, 0.3) is 0 Å². The molecular weight excluding hydrogens is 352 g/mol. The third-order valence-corrected chi connectivity index (χ3v) is 3.49. The van der Waals surface area contributed by atoms with Gasteiger partial charge in [0.15, 0.2) is 5.11 Å². The maximum atomic E-state index is 13.2. The highest BCUT2D eigenvalue weighted by molar-refractivity contribution is 7.80. The second-order valence-electron chi connectivity index (χ2n) is 4.74. The van der Waals surface area contributed by atoms with Crippen molar-refractivity contribution < 1.29 is 17.6 Å². The lowest BCUT2D eigenvalue weighted by molar-refractivity contribution is -0.137. The summed E-state index contributed by atoms with van der Waals surface area (Å²) in [6, 6.07) is 7.13. The van der Waals surface area contributed by atoms with Crippen LogP contribution in [0.1, 0.15) is 11.1 Å². The van der Waals surface area contributed by atoms with Crippen LogP contribution in [0.5, 0.6) is 0 Å². The molecule has 0 aliphatic rings. The highest BCUT2D eigenvalue weighted by Crippen LogP contribution is 2.33. The molecule has 0 saturated heterocycles. The van der Waals surface area contributed by atoms with Crippen LogP contribution in [0, 0.1) is 12.7 Å². The lowest BCUT2D eigenvalue weighted by atomic mass is 10.2. The van der Waals surface area contributed by atoms with Crippen molar-refractivity contribution >= 4 is 40.3 Å². The zero-order chi connectivity index (χ0) is 17.2. The molecule has 0 unspecified atom stereocenters. The van der Waals surface area contributed by atoms with Crippen LogP contribution in [0.3, 0.4) is 0 Å². The van der Waals surface area contributed by atoms with Crippen molar-refractivity contribution in [2.75, 3.05) is 10.6 Å². The van der Waals surface area contributed by atoms with E-state index in [2.05, 4.69) is 10.6 Å². The van der Waals surface area contributed by atoms with E-state index < -0.39 is 11.7 Å². The number of benzene rings is 2. The van der Waals surface area contributed by atoms with Crippen LogP contribution >= 0.6 is 23.8 Å². The number of rotatable bonds is 2. The summed E-state index contributed by atoms with van der Waals surface area (Å²) < 4.78 is 51.3. The fourth-order valence-corrected chi connectivity index (χ4v) is 2.20. The lowest BCUT2D eigenvalue weighted by Crippen LogP contribution is -2.20. The fraction of sp³-hybridized carbons (Fsp3) is 0.133. The predicted molar refractivity (Wildman–Crippen MR) is 87.4 cm³/mol. The van der Waals surface area contributed by atoms with Gasteiger partial charge in [0.2, 0.25) is 0 Å². The first kappa shape index (κ1) is 17.5. The average molecular weight is 363 g/mol. The molecule has 0 heterocycles. The smallest absolute Gasteiger partial charge is 0.332 e. The Bertz CT molecular complexity index is 747. The van der Waals surface area contributed by atoms with Gasteiger partial charge in [-0.3, -0.25) is 0 Å². The van der Waals surface area contributed by atoms with Gasteiger partial charge in [-0.2, -0.15) is 13.2 Å². The van der Waals surface area contributed by atoms with Crippen LogP contribution in [0.2, 0.25) is 5.02 Å². The Morgan fingerprint density at radius 1 is 1.09 bits per heavy atom. The Labute approximate surface area is 140 Å². The standard InChI is InChI=1S/C15H11ClF4N2S/c1-8-6-10(3-5-12(8)17)21-14(23)22-13-7-9(15(18,19)20)2-4-11(13)16/h2-7H,1H3,(H2,21,22,23). The summed E-state index contributed by atoms with van der Waals surface area (Å²) in [5, 5.41) is 5.49. The number of alkyl halides is 3. The summed E-state index contributed by atoms with van der Waals surface area (Å²) in [5.41, 5.74) is 0.0991. The van der Waals surface area contributed by atoms with E-state index in [1.54, 1.807) is 6.92 Å². The minimum absolute atomic E-state index is 0.0258. The van der Waals surface area contributed by atoms with E-state index in [0.717, 1.165) is 18.2 Å². The number of hydrogen-bond donors (Lipinski definition) is 2. The topological polar surface area (TPSA) is 24.1 Å². The van der Waals surface area contributed by atoms with Crippen LogP contribution in [-0.4, -0.2) is 5.11 Å². The minimum Gasteiger partial charge on any atom is -0.332 e. The molecule has 0 bridgehead atoms. The summed E-state index contributed by atoms with van der Waals surface area (Å²) in [7, 11) is 0. The van der Waals surface area contributed by atoms with Gasteiger partial charge in [0.1, 0.15) is 5.82 Å². The largest absolute Gasteiger partial charge is 0.416 e. The lowest BCUT2D eigenvalue weighted by Gasteiger charge is -2.14. The van der Waals surface area contributed by atoms with Crippen molar-refractivity contribution in [2.45, 2.75) is 13.1 Å². The van der Waals surface area contributed by atoms with Crippen molar-refractivity contribution in [3.05, 3.63) is 58.4 Å². The van der Waals surface area contributed by atoms with Crippen molar-refractivity contribution in [1.82, 2.24) is 0 Å². The highest BCUT2D eigenvalue weighted by atomic mass is 35.5. The van der Waals surface area contributed by atoms with Crippen LogP contribution < -0.4 is 10.6 Å². The van der Waals surface area contributed by atoms with E-state index in [1.165, 1.54) is 18.2 Å². The highest BCUT2D eigenvalue weighted by Gasteiger charge is 2.31. The normalized spacial score (nSPS) is 11.2. The maximum Gasteiger partial charge on any atom is 0.416 e. The first-order valence-electron chi connectivity index (χ1n) is 6.38. The number of anilines is 2. The number of aryl methyl sites for hydroxylation is 1. The van der Waals surface area contributed by atoms with Crippen LogP contribution in [0.15, 0.2) is 36.4 Å². The van der Waals surface area contributed by atoms with Gasteiger partial charge in [0.05, 0.1) is 16.3 Å². The van der Waals surface area contributed by atoms with Gasteiger partial charge >= 0.3 is 6.18 Å². The first-order chi connectivity index (χ1) is 10.7. The molecule has 8 heteroatoms. The van der Waals surface area contributed by atoms with E-state index in [4.69, 9.17) is 23.8 Å². The van der Waals surface area contributed by atoms with Crippen LogP contribution in [0.4, 0.5) is 28.9 Å². The quantitative estimate of drug-likeness (QED) is 0.536. The second kappa shape index (κ2) is 6.72. The molecule has 0 spiro atoms. The SMILES string of the molecule is Cc1cc(NC(=S)Nc2cc(C(F)(F)F)ccc2Cl)ccc1F. The zero-order valence-electron chi connectivity index (χ0n) is 11.8. The van der Waals surface area contributed by atoms with Crippen LogP contribution in [-0.2, 0) is 6.18 Å². The molecule has 0 radical (unpaired) electrons. The van der Waals surface area contributed by atoms with E-state index in [9.17, 15) is 17.6 Å². The van der Waals surface area contributed by atoms with Gasteiger partial charge in [-0.1, -0.05) is 11.6 Å². The summed E-state index contributed by atoms with van der Waals surface area (Å²) >= 11 is 10.9. The summed E-state index contributed by atoms with van der Waals surface area (Å²) in [6.07, 6.45) is -4.48. The maximum absolute atomic E-state index is 13.2. The molecule has 0 aliphatic heterocycles. The molecule has 0 aliphatic carbocycles. The molecule has 0 aromatic heterocycles. The number of halogens is 5. The van der Waals surface area contributed by atoms with Crippen molar-refractivity contribution in [2.24, 2.45) is 0 Å². The molecule has 2 rings (SSSR count). The molecule has 0 amide bonds. The molecule has 23 heavy (non-hydrogen) atoms. The molecule has 2 aromatic rings. The summed E-state index contributed by atoms with van der Waals surface area (Å²) in [5.74, 6) is -0.365. The van der Waals surface area contributed by atoms with Gasteiger partial charge in [-0.05, 0) is 61.1 Å². The van der Waals surface area contributed by atoms with Crippen molar-refractivity contribution in [3.63, 3.8) is 0 Å². The summed E-state index contributed by atoms with van der Waals surface area (Å²) in [4.78, 5) is 0. The van der Waals surface area contributed by atoms with E-state index in [1.807, 2.05) is 0 Å². The zero-order valence-corrected chi connectivity index (χ0v) is 13.3. The van der Waals surface area contributed by atoms with Crippen molar-refractivity contribution in [1.29, 1.82) is 0 Å². The van der Waals surface area contributed by atoms with Gasteiger partial charge in [-0.15, -0.1) is 0 Å². The fourth-order valence-electron chi connectivity index (χ4n) is 1.80. The Kier molecular flexibility index (Phi) is 5.11. The third kappa shape index (κ3) is 4.56. The molecule has 122 valence electrons. The number of nitrogens with one attached hydrogen (secondary N) is 2. The number of hydrogen-bond acceptors (Lipinski definition) is 1. The molecule has 2 aromatic carbocycles. The average Bonchev–Trinajstić information content (AvgIpc) is 2.44. The van der Waals surface area contributed by atoms with Crippen LogP contribution in [0.25, 0.3) is 0 Å². The monoisotopic (exact) mass is 362 g/mol. The Balaban J connectivity index is 2.15. The second-order valence-corrected chi connectivity index (χ2v) is 5.55. The predicted octanol–water partition coefficient (Wildman–Crippen LogP) is 5.62. The van der Waals surface area contributed by atoms with E-state index in [0.29, 0.717) is 11.3 Å². The first-order valence-corrected chi connectivity index (χ1v) is 7.16.